The number of aliphatic hydroxyl groups excluding tert-OH is 3. The molecule has 1 aromatic rings. The Morgan fingerprint density at radius 1 is 1.39 bits per heavy atom. The lowest BCUT2D eigenvalue weighted by Crippen LogP contribution is -2.49. The van der Waals surface area contributed by atoms with Crippen LogP contribution in [-0.2, 0) is 0 Å². The summed E-state index contributed by atoms with van der Waals surface area (Å²) in [6.45, 7) is -1.57. The third-order valence-corrected chi connectivity index (χ3v) is 2.93. The highest BCUT2D eigenvalue weighted by atomic mass is 79.9. The monoisotopic (exact) mass is 321 g/mol. The molecule has 4 N–H and O–H groups in total. The first kappa shape index (κ1) is 14.8. The van der Waals surface area contributed by atoms with Gasteiger partial charge in [0.1, 0.15) is 17.6 Å². The summed E-state index contributed by atoms with van der Waals surface area (Å²) >= 11 is 3.08. The van der Waals surface area contributed by atoms with Crippen molar-refractivity contribution < 1.29 is 20.2 Å². The molecule has 0 atom stereocenters. The van der Waals surface area contributed by atoms with Crippen molar-refractivity contribution in [2.75, 3.05) is 25.1 Å². The number of nitrogens with zero attached hydrogens (tertiary/aromatic N) is 2. The molecule has 0 aliphatic heterocycles. The Bertz CT molecular complexity index is 430. The van der Waals surface area contributed by atoms with Gasteiger partial charge in [-0.25, -0.2) is 4.98 Å². The van der Waals surface area contributed by atoms with Crippen LogP contribution < -0.4 is 5.32 Å². The van der Waals surface area contributed by atoms with Gasteiger partial charge in [0, 0.05) is 6.07 Å². The van der Waals surface area contributed by atoms with E-state index in [-0.39, 0.29) is 16.0 Å². The molecule has 0 unspecified atom stereocenters. The van der Waals surface area contributed by atoms with Crippen molar-refractivity contribution in [2.24, 2.45) is 0 Å². The predicted molar refractivity (Wildman–Crippen MR) is 66.2 cm³/mol. The van der Waals surface area contributed by atoms with E-state index in [1.807, 2.05) is 0 Å². The average Bonchev–Trinajstić information content (AvgIpc) is 2.38. The van der Waals surface area contributed by atoms with Crippen LogP contribution in [0.15, 0.2) is 16.7 Å². The van der Waals surface area contributed by atoms with Gasteiger partial charge in [0.05, 0.1) is 29.2 Å². The molecule has 1 heterocycles. The second-order valence-electron chi connectivity index (χ2n) is 3.66. The second kappa shape index (κ2) is 6.05. The number of rotatable bonds is 6. The molecular formula is C9H12BrN3O5. The number of halogens is 1. The molecule has 9 heteroatoms. The van der Waals surface area contributed by atoms with Crippen LogP contribution >= 0.6 is 15.9 Å². The molecule has 0 aliphatic rings. The topological polar surface area (TPSA) is 129 Å². The Morgan fingerprint density at radius 2 is 1.94 bits per heavy atom. The van der Waals surface area contributed by atoms with E-state index < -0.39 is 30.3 Å². The maximum absolute atomic E-state index is 10.5. The van der Waals surface area contributed by atoms with Gasteiger partial charge in [0.15, 0.2) is 0 Å². The highest BCUT2D eigenvalue weighted by Crippen LogP contribution is 2.26. The molecular weight excluding hydrogens is 310 g/mol. The van der Waals surface area contributed by atoms with Crippen LogP contribution in [0.5, 0.6) is 0 Å². The first-order valence-electron chi connectivity index (χ1n) is 4.88. The summed E-state index contributed by atoms with van der Waals surface area (Å²) in [5.74, 6) is 0.178. The molecule has 1 aromatic heterocycles. The average molecular weight is 322 g/mol. The van der Waals surface area contributed by atoms with Gasteiger partial charge in [0.25, 0.3) is 5.69 Å². The summed E-state index contributed by atoms with van der Waals surface area (Å²) in [5.41, 5.74) is -1.54. The minimum atomic E-state index is -1.34. The lowest BCUT2D eigenvalue weighted by molar-refractivity contribution is -0.385. The summed E-state index contributed by atoms with van der Waals surface area (Å²) in [7, 11) is 0. The van der Waals surface area contributed by atoms with Gasteiger partial charge in [0.2, 0.25) is 0 Å². The van der Waals surface area contributed by atoms with Gasteiger partial charge in [-0.05, 0) is 15.9 Å². The van der Waals surface area contributed by atoms with E-state index in [2.05, 4.69) is 26.2 Å². The van der Waals surface area contributed by atoms with E-state index in [0.29, 0.717) is 0 Å². The number of pyridine rings is 1. The van der Waals surface area contributed by atoms with Gasteiger partial charge in [-0.15, -0.1) is 0 Å². The van der Waals surface area contributed by atoms with Crippen molar-refractivity contribution in [1.82, 2.24) is 4.98 Å². The minimum absolute atomic E-state index is 0.178. The van der Waals surface area contributed by atoms with Crippen LogP contribution in [0.3, 0.4) is 0 Å². The maximum atomic E-state index is 10.5. The Morgan fingerprint density at radius 3 is 2.33 bits per heavy atom. The Labute approximate surface area is 111 Å². The quantitative estimate of drug-likeness (QED) is 0.424. The fourth-order valence-corrected chi connectivity index (χ4v) is 1.58. The first-order valence-corrected chi connectivity index (χ1v) is 5.68. The van der Waals surface area contributed by atoms with Gasteiger partial charge >= 0.3 is 0 Å². The molecule has 0 saturated heterocycles. The lowest BCUT2D eigenvalue weighted by atomic mass is 10.0. The van der Waals surface area contributed by atoms with Crippen LogP contribution in [0.4, 0.5) is 11.5 Å². The van der Waals surface area contributed by atoms with E-state index in [0.717, 1.165) is 6.20 Å². The zero-order valence-corrected chi connectivity index (χ0v) is 10.8. The highest BCUT2D eigenvalue weighted by molar-refractivity contribution is 9.10. The van der Waals surface area contributed by atoms with Crippen molar-refractivity contribution in [2.45, 2.75) is 5.54 Å². The SMILES string of the molecule is O=[N+]([O-])c1cnc(NC(CO)(CO)CO)c(Br)c1. The number of nitro groups is 1. The third kappa shape index (κ3) is 3.13. The number of hydrogen-bond donors (Lipinski definition) is 4. The van der Waals surface area contributed by atoms with Crippen molar-refractivity contribution in [3.05, 3.63) is 26.9 Å². The molecule has 0 aromatic carbocycles. The third-order valence-electron chi connectivity index (χ3n) is 2.33. The normalized spacial score (nSPS) is 11.3. The maximum Gasteiger partial charge on any atom is 0.288 e. The van der Waals surface area contributed by atoms with Crippen molar-refractivity contribution in [3.8, 4) is 0 Å². The number of anilines is 1. The van der Waals surface area contributed by atoms with Gasteiger partial charge in [-0.2, -0.15) is 0 Å². The van der Waals surface area contributed by atoms with Gasteiger partial charge in [-0.1, -0.05) is 0 Å². The van der Waals surface area contributed by atoms with E-state index in [1.54, 1.807) is 0 Å². The molecule has 1 rings (SSSR count). The summed E-state index contributed by atoms with van der Waals surface area (Å²) in [4.78, 5) is 13.7. The molecule has 0 fully saturated rings. The Kier molecular flexibility index (Phi) is 4.96. The van der Waals surface area contributed by atoms with Crippen LogP contribution in [0.2, 0.25) is 0 Å². The van der Waals surface area contributed by atoms with Crippen LogP contribution in [0, 0.1) is 10.1 Å². The second-order valence-corrected chi connectivity index (χ2v) is 4.52. The lowest BCUT2D eigenvalue weighted by Gasteiger charge is -2.29. The number of nitrogens with one attached hydrogen (secondary N) is 1. The Balaban J connectivity index is 3.01. The van der Waals surface area contributed by atoms with E-state index in [9.17, 15) is 10.1 Å². The van der Waals surface area contributed by atoms with E-state index in [1.165, 1.54) is 6.07 Å². The molecule has 0 bridgehead atoms. The van der Waals surface area contributed by atoms with Gasteiger partial charge < -0.3 is 20.6 Å². The van der Waals surface area contributed by atoms with Crippen molar-refractivity contribution >= 4 is 27.4 Å². The summed E-state index contributed by atoms with van der Waals surface area (Å²) in [6.07, 6.45) is 1.03. The first-order chi connectivity index (χ1) is 8.48. The minimum Gasteiger partial charge on any atom is -0.394 e. The fourth-order valence-electron chi connectivity index (χ4n) is 1.14. The molecule has 0 aliphatic carbocycles. The predicted octanol–water partition coefficient (Wildman–Crippen LogP) is -0.120. The number of aliphatic hydroxyl groups is 3. The van der Waals surface area contributed by atoms with Crippen LogP contribution in [-0.4, -0.2) is 50.6 Å². The molecule has 0 saturated carbocycles. The van der Waals surface area contributed by atoms with E-state index >= 15 is 0 Å². The Hall–Kier alpha value is -1.29. The van der Waals surface area contributed by atoms with E-state index in [4.69, 9.17) is 15.3 Å². The molecule has 8 nitrogen and oxygen atoms in total. The summed E-state index contributed by atoms with van der Waals surface area (Å²) < 4.78 is 0.288. The smallest absolute Gasteiger partial charge is 0.288 e. The van der Waals surface area contributed by atoms with Crippen LogP contribution in [0.1, 0.15) is 0 Å². The fraction of sp³-hybridized carbons (Fsp3) is 0.444. The molecule has 100 valence electrons. The standard InChI is InChI=1S/C9H12BrN3O5/c10-7-1-6(13(17)18)2-11-8(7)12-9(3-14,4-15)5-16/h1-2,14-16H,3-5H2,(H,11,12). The zero-order chi connectivity index (χ0) is 13.8. The van der Waals surface area contributed by atoms with Crippen LogP contribution in [0.25, 0.3) is 0 Å². The molecule has 0 spiro atoms. The molecule has 18 heavy (non-hydrogen) atoms. The number of aromatic nitrogens is 1. The summed E-state index contributed by atoms with van der Waals surface area (Å²) in [5, 5.41) is 40.6. The zero-order valence-electron chi connectivity index (χ0n) is 9.21. The van der Waals surface area contributed by atoms with Gasteiger partial charge in [-0.3, -0.25) is 10.1 Å². The number of hydrogen-bond acceptors (Lipinski definition) is 7. The molecule has 0 amide bonds. The largest absolute Gasteiger partial charge is 0.394 e. The summed E-state index contributed by atoms with van der Waals surface area (Å²) in [6, 6.07) is 1.23. The van der Waals surface area contributed by atoms with Crippen molar-refractivity contribution in [3.63, 3.8) is 0 Å². The highest BCUT2D eigenvalue weighted by Gasteiger charge is 2.29. The molecule has 0 radical (unpaired) electrons. The van der Waals surface area contributed by atoms with Crippen molar-refractivity contribution in [1.29, 1.82) is 0 Å².